The zero-order valence-electron chi connectivity index (χ0n) is 9.67. The van der Waals surface area contributed by atoms with Gasteiger partial charge in [-0.15, -0.1) is 0 Å². The quantitative estimate of drug-likeness (QED) is 0.756. The monoisotopic (exact) mass is 248 g/mol. The zero-order valence-corrected chi connectivity index (χ0v) is 9.67. The van der Waals surface area contributed by atoms with Crippen molar-refractivity contribution in [3.05, 3.63) is 30.4 Å². The number of imidazole rings is 1. The van der Waals surface area contributed by atoms with E-state index in [0.29, 0.717) is 11.7 Å². The molecule has 2 heterocycles. The van der Waals surface area contributed by atoms with Gasteiger partial charge in [-0.05, 0) is 6.07 Å². The summed E-state index contributed by atoms with van der Waals surface area (Å²) >= 11 is 0. The van der Waals surface area contributed by atoms with Crippen molar-refractivity contribution >= 4 is 6.09 Å². The first-order valence-electron chi connectivity index (χ1n) is 5.20. The van der Waals surface area contributed by atoms with Crippen molar-refractivity contribution in [1.82, 2.24) is 20.3 Å². The average Bonchev–Trinajstić information content (AvgIpc) is 2.85. The highest BCUT2D eigenvalue weighted by Crippen LogP contribution is 2.18. The number of aromatic amines is 1. The van der Waals surface area contributed by atoms with Crippen molar-refractivity contribution in [1.29, 1.82) is 0 Å². The molecular weight excluding hydrogens is 236 g/mol. The molecule has 0 radical (unpaired) electrons. The first-order chi connectivity index (χ1) is 8.69. The number of carbonyl (C=O) groups is 1. The summed E-state index contributed by atoms with van der Waals surface area (Å²) in [5.74, 6) is 1.08. The molecule has 1 amide bonds. The Morgan fingerprint density at radius 3 is 2.89 bits per heavy atom. The number of pyridine rings is 1. The smallest absolute Gasteiger partial charge is 0.405 e. The Balaban J connectivity index is 2.10. The predicted octanol–water partition coefficient (Wildman–Crippen LogP) is 1.25. The Morgan fingerprint density at radius 2 is 2.28 bits per heavy atom. The van der Waals surface area contributed by atoms with Crippen LogP contribution in [-0.2, 0) is 6.54 Å². The summed E-state index contributed by atoms with van der Waals surface area (Å²) in [6.45, 7) is 0.138. The van der Waals surface area contributed by atoms with Crippen LogP contribution in [0.2, 0.25) is 0 Å². The van der Waals surface area contributed by atoms with Crippen molar-refractivity contribution in [3.63, 3.8) is 0 Å². The fourth-order valence-electron chi connectivity index (χ4n) is 1.42. The van der Waals surface area contributed by atoms with Gasteiger partial charge in [-0.1, -0.05) is 0 Å². The molecule has 7 heteroatoms. The standard InChI is InChI=1S/C11H12N4O3/c1-18-10-3-2-7(4-13-10)8-5-12-9(15-8)6-14-11(16)17/h2-5,14H,6H2,1H3,(H,12,15)(H,16,17). The van der Waals surface area contributed by atoms with Crippen LogP contribution in [0.3, 0.4) is 0 Å². The summed E-state index contributed by atoms with van der Waals surface area (Å²) in [7, 11) is 1.55. The first-order valence-corrected chi connectivity index (χ1v) is 5.20. The van der Waals surface area contributed by atoms with E-state index in [1.165, 1.54) is 0 Å². The van der Waals surface area contributed by atoms with Crippen LogP contribution < -0.4 is 10.1 Å². The average molecular weight is 248 g/mol. The van der Waals surface area contributed by atoms with Crippen LogP contribution in [0.1, 0.15) is 5.82 Å². The summed E-state index contributed by atoms with van der Waals surface area (Å²) in [4.78, 5) is 21.5. The molecule has 0 saturated heterocycles. The fraction of sp³-hybridized carbons (Fsp3) is 0.182. The SMILES string of the molecule is COc1ccc(-c2cnc(CNC(=O)O)[nH]2)cn1. The molecule has 18 heavy (non-hydrogen) atoms. The van der Waals surface area contributed by atoms with E-state index >= 15 is 0 Å². The Morgan fingerprint density at radius 1 is 1.44 bits per heavy atom. The number of ether oxygens (including phenoxy) is 1. The van der Waals surface area contributed by atoms with Crippen molar-refractivity contribution in [2.24, 2.45) is 0 Å². The number of amides is 1. The number of methoxy groups -OCH3 is 1. The number of rotatable bonds is 4. The van der Waals surface area contributed by atoms with E-state index in [1.54, 1.807) is 25.6 Å². The van der Waals surface area contributed by atoms with Gasteiger partial charge in [-0.2, -0.15) is 0 Å². The summed E-state index contributed by atoms with van der Waals surface area (Å²) in [5.41, 5.74) is 1.62. The molecule has 0 fully saturated rings. The largest absolute Gasteiger partial charge is 0.481 e. The maximum Gasteiger partial charge on any atom is 0.405 e. The Hall–Kier alpha value is -2.57. The number of H-pyrrole nitrogens is 1. The van der Waals surface area contributed by atoms with E-state index in [2.05, 4.69) is 20.3 Å². The molecule has 0 saturated carbocycles. The maximum absolute atomic E-state index is 10.3. The van der Waals surface area contributed by atoms with Gasteiger partial charge in [0.15, 0.2) is 0 Å². The lowest BCUT2D eigenvalue weighted by molar-refractivity contribution is 0.193. The molecule has 0 aliphatic heterocycles. The van der Waals surface area contributed by atoms with Gasteiger partial charge in [0.2, 0.25) is 5.88 Å². The molecule has 0 aromatic carbocycles. The Kier molecular flexibility index (Phi) is 3.42. The van der Waals surface area contributed by atoms with Gasteiger partial charge in [0.05, 0.1) is 25.5 Å². The minimum atomic E-state index is -1.08. The van der Waals surface area contributed by atoms with E-state index in [0.717, 1.165) is 11.3 Å². The van der Waals surface area contributed by atoms with Gasteiger partial charge in [0.1, 0.15) is 5.82 Å². The lowest BCUT2D eigenvalue weighted by atomic mass is 10.2. The normalized spacial score (nSPS) is 10.1. The number of hydrogen-bond donors (Lipinski definition) is 3. The molecule has 94 valence electrons. The molecule has 2 aromatic rings. The molecule has 7 nitrogen and oxygen atoms in total. The van der Waals surface area contributed by atoms with Crippen LogP contribution in [-0.4, -0.2) is 33.3 Å². The van der Waals surface area contributed by atoms with Gasteiger partial charge in [-0.3, -0.25) is 0 Å². The number of nitrogens with zero attached hydrogens (tertiary/aromatic N) is 2. The van der Waals surface area contributed by atoms with Crippen LogP contribution in [0.15, 0.2) is 24.5 Å². The van der Waals surface area contributed by atoms with Gasteiger partial charge in [0, 0.05) is 17.8 Å². The van der Waals surface area contributed by atoms with Gasteiger partial charge in [-0.25, -0.2) is 14.8 Å². The molecule has 0 unspecified atom stereocenters. The lowest BCUT2D eigenvalue weighted by Crippen LogP contribution is -2.20. The second kappa shape index (κ2) is 5.17. The number of nitrogens with one attached hydrogen (secondary N) is 2. The van der Waals surface area contributed by atoms with Gasteiger partial charge in [0.25, 0.3) is 0 Å². The molecule has 0 spiro atoms. The molecule has 0 atom stereocenters. The lowest BCUT2D eigenvalue weighted by Gasteiger charge is -2.00. The molecule has 2 rings (SSSR count). The van der Waals surface area contributed by atoms with Crippen LogP contribution in [0.5, 0.6) is 5.88 Å². The van der Waals surface area contributed by atoms with Gasteiger partial charge < -0.3 is 20.1 Å². The third kappa shape index (κ3) is 2.76. The maximum atomic E-state index is 10.3. The molecule has 0 bridgehead atoms. The van der Waals surface area contributed by atoms with Crippen LogP contribution in [0, 0.1) is 0 Å². The highest BCUT2D eigenvalue weighted by molar-refractivity contribution is 5.64. The van der Waals surface area contributed by atoms with E-state index in [9.17, 15) is 4.79 Å². The van der Waals surface area contributed by atoms with E-state index in [4.69, 9.17) is 9.84 Å². The Bertz CT molecular complexity index is 535. The zero-order chi connectivity index (χ0) is 13.0. The number of carboxylic acid groups (broad SMARTS) is 1. The molecular formula is C11H12N4O3. The third-order valence-electron chi connectivity index (χ3n) is 2.29. The fourth-order valence-corrected chi connectivity index (χ4v) is 1.42. The summed E-state index contributed by atoms with van der Waals surface area (Å²) in [5, 5.41) is 10.7. The van der Waals surface area contributed by atoms with Crippen LogP contribution >= 0.6 is 0 Å². The van der Waals surface area contributed by atoms with E-state index < -0.39 is 6.09 Å². The highest BCUT2D eigenvalue weighted by atomic mass is 16.5. The molecule has 0 aliphatic carbocycles. The number of aromatic nitrogens is 3. The summed E-state index contributed by atoms with van der Waals surface area (Å²) in [6, 6.07) is 3.58. The highest BCUT2D eigenvalue weighted by Gasteiger charge is 2.05. The predicted molar refractivity (Wildman–Crippen MR) is 63.2 cm³/mol. The van der Waals surface area contributed by atoms with Crippen molar-refractivity contribution in [2.45, 2.75) is 6.54 Å². The minimum absolute atomic E-state index is 0.138. The first kappa shape index (κ1) is 11.9. The van der Waals surface area contributed by atoms with Crippen molar-refractivity contribution in [2.75, 3.05) is 7.11 Å². The summed E-state index contributed by atoms with van der Waals surface area (Å²) < 4.78 is 4.96. The van der Waals surface area contributed by atoms with Gasteiger partial charge >= 0.3 is 6.09 Å². The summed E-state index contributed by atoms with van der Waals surface area (Å²) in [6.07, 6.45) is 2.20. The van der Waals surface area contributed by atoms with Crippen LogP contribution in [0.25, 0.3) is 11.3 Å². The van der Waals surface area contributed by atoms with E-state index in [1.807, 2.05) is 6.07 Å². The second-order valence-electron chi connectivity index (χ2n) is 3.49. The third-order valence-corrected chi connectivity index (χ3v) is 2.29. The molecule has 2 aromatic heterocycles. The second-order valence-corrected chi connectivity index (χ2v) is 3.49. The van der Waals surface area contributed by atoms with Crippen LogP contribution in [0.4, 0.5) is 4.79 Å². The van der Waals surface area contributed by atoms with E-state index in [-0.39, 0.29) is 6.54 Å². The molecule has 0 aliphatic rings. The minimum Gasteiger partial charge on any atom is -0.481 e. The molecule has 3 N–H and O–H groups in total. The number of hydrogen-bond acceptors (Lipinski definition) is 4. The topological polar surface area (TPSA) is 100 Å². The Labute approximate surface area is 103 Å². The van der Waals surface area contributed by atoms with Crippen molar-refractivity contribution < 1.29 is 14.6 Å². The van der Waals surface area contributed by atoms with Crippen molar-refractivity contribution in [3.8, 4) is 17.1 Å².